The summed E-state index contributed by atoms with van der Waals surface area (Å²) in [6.45, 7) is 8.99. The minimum absolute atomic E-state index is 0.126. The molecule has 1 atom stereocenters. The third kappa shape index (κ3) is 4.79. The van der Waals surface area contributed by atoms with Crippen LogP contribution in [-0.2, 0) is 14.8 Å². The Morgan fingerprint density at radius 2 is 2.03 bits per heavy atom. The molecule has 0 saturated heterocycles. The average Bonchev–Trinajstić information content (AvgIpc) is 2.59. The van der Waals surface area contributed by atoms with E-state index < -0.39 is 21.7 Å². The van der Waals surface area contributed by atoms with Crippen LogP contribution in [0.1, 0.15) is 33.3 Å². The average molecular weight is 420 g/mol. The van der Waals surface area contributed by atoms with Crippen molar-refractivity contribution in [2.75, 3.05) is 16.2 Å². The Bertz CT molecular complexity index is 1030. The first-order valence-electron chi connectivity index (χ1n) is 9.22. The van der Waals surface area contributed by atoms with Gasteiger partial charge < -0.3 is 9.47 Å². The number of pyridine rings is 1. The highest BCUT2D eigenvalue weighted by molar-refractivity contribution is 7.92. The number of aromatic nitrogens is 1. The van der Waals surface area contributed by atoms with Crippen molar-refractivity contribution in [3.8, 4) is 5.88 Å². The van der Waals surface area contributed by atoms with Gasteiger partial charge in [-0.2, -0.15) is 0 Å². The zero-order chi connectivity index (χ0) is 21.4. The number of carbonyl (C=O) groups excluding carboxylic acids is 1. The smallest absolute Gasteiger partial charge is 0.412 e. The molecule has 8 nitrogen and oxygen atoms in total. The summed E-state index contributed by atoms with van der Waals surface area (Å²) in [4.78, 5) is 16.4. The third-order valence-corrected chi connectivity index (χ3v) is 5.84. The molecule has 0 bridgehead atoms. The minimum atomic E-state index is -3.84. The van der Waals surface area contributed by atoms with E-state index in [1.165, 1.54) is 16.6 Å². The van der Waals surface area contributed by atoms with E-state index in [9.17, 15) is 13.2 Å². The SMILES string of the molecule is Cc1cccc(S(=O)(=O)N2C[C@H](C)Oc3ncc(NC(=O)OC(C)(C)C)cc32)c1. The van der Waals surface area contributed by atoms with Crippen LogP contribution in [-0.4, -0.2) is 37.7 Å². The second kappa shape index (κ2) is 7.55. The first kappa shape index (κ1) is 20.9. The zero-order valence-electron chi connectivity index (χ0n) is 17.1. The lowest BCUT2D eigenvalue weighted by atomic mass is 10.2. The Kier molecular flexibility index (Phi) is 5.44. The number of rotatable bonds is 3. The fourth-order valence-electron chi connectivity index (χ4n) is 2.89. The zero-order valence-corrected chi connectivity index (χ0v) is 17.9. The van der Waals surface area contributed by atoms with Gasteiger partial charge in [0.05, 0.1) is 23.3 Å². The van der Waals surface area contributed by atoms with Crippen LogP contribution >= 0.6 is 0 Å². The van der Waals surface area contributed by atoms with Crippen molar-refractivity contribution in [2.24, 2.45) is 0 Å². The van der Waals surface area contributed by atoms with Crippen LogP contribution in [0.4, 0.5) is 16.2 Å². The summed E-state index contributed by atoms with van der Waals surface area (Å²) in [6, 6.07) is 8.22. The minimum Gasteiger partial charge on any atom is -0.471 e. The number of hydrogen-bond donors (Lipinski definition) is 1. The maximum absolute atomic E-state index is 13.3. The molecule has 2 aromatic rings. The van der Waals surface area contributed by atoms with E-state index in [4.69, 9.17) is 9.47 Å². The Morgan fingerprint density at radius 3 is 2.69 bits per heavy atom. The van der Waals surface area contributed by atoms with Crippen molar-refractivity contribution in [1.82, 2.24) is 4.98 Å². The summed E-state index contributed by atoms with van der Waals surface area (Å²) in [5.74, 6) is 0.190. The van der Waals surface area contributed by atoms with Crippen LogP contribution in [0.5, 0.6) is 5.88 Å². The van der Waals surface area contributed by atoms with Crippen LogP contribution in [0.15, 0.2) is 41.4 Å². The molecule has 2 heterocycles. The fraction of sp³-hybridized carbons (Fsp3) is 0.400. The molecule has 3 rings (SSSR count). The van der Waals surface area contributed by atoms with Gasteiger partial charge in [-0.15, -0.1) is 0 Å². The predicted molar refractivity (Wildman–Crippen MR) is 110 cm³/mol. The van der Waals surface area contributed by atoms with Crippen molar-refractivity contribution in [1.29, 1.82) is 0 Å². The topological polar surface area (TPSA) is 97.8 Å². The number of benzene rings is 1. The highest BCUT2D eigenvalue weighted by Crippen LogP contribution is 2.37. The van der Waals surface area contributed by atoms with Gasteiger partial charge in [-0.25, -0.2) is 18.2 Å². The first-order valence-corrected chi connectivity index (χ1v) is 10.7. The van der Waals surface area contributed by atoms with Crippen LogP contribution in [0.25, 0.3) is 0 Å². The molecule has 0 spiro atoms. The first-order chi connectivity index (χ1) is 13.5. The largest absolute Gasteiger partial charge is 0.471 e. The van der Waals surface area contributed by atoms with Gasteiger partial charge in [-0.1, -0.05) is 12.1 Å². The molecule has 0 radical (unpaired) electrons. The van der Waals surface area contributed by atoms with Crippen LogP contribution in [0.3, 0.4) is 0 Å². The molecule has 29 heavy (non-hydrogen) atoms. The summed E-state index contributed by atoms with van der Waals surface area (Å²) < 4.78 is 38.8. The standard InChI is InChI=1S/C20H25N3O5S/c1-13-7-6-8-16(9-13)29(25,26)23-12-14(2)27-18-17(23)10-15(11-21-18)22-19(24)28-20(3,4)5/h6-11,14H,12H2,1-5H3,(H,22,24)/t14-/m0/s1. The fourth-order valence-corrected chi connectivity index (χ4v) is 4.53. The number of anilines is 2. The number of sulfonamides is 1. The van der Waals surface area contributed by atoms with Gasteiger partial charge in [0.15, 0.2) is 0 Å². The van der Waals surface area contributed by atoms with Crippen molar-refractivity contribution in [2.45, 2.75) is 51.2 Å². The molecule has 9 heteroatoms. The molecule has 1 N–H and O–H groups in total. The normalized spacial score (nSPS) is 16.6. The Labute approximate surface area is 170 Å². The second-order valence-corrected chi connectivity index (χ2v) is 9.82. The molecule has 0 saturated carbocycles. The molecule has 1 aliphatic rings. The van der Waals surface area contributed by atoms with Crippen LogP contribution in [0, 0.1) is 6.92 Å². The molecule has 0 aliphatic carbocycles. The molecule has 0 unspecified atom stereocenters. The molecular weight excluding hydrogens is 394 g/mol. The second-order valence-electron chi connectivity index (χ2n) is 7.96. The molecule has 156 valence electrons. The number of amides is 1. The molecule has 0 fully saturated rings. The number of hydrogen-bond acceptors (Lipinski definition) is 6. The number of aryl methyl sites for hydroxylation is 1. The van der Waals surface area contributed by atoms with Crippen LogP contribution in [0.2, 0.25) is 0 Å². The molecule has 1 aromatic heterocycles. The van der Waals surface area contributed by atoms with Gasteiger partial charge in [-0.05, 0) is 58.4 Å². The lowest BCUT2D eigenvalue weighted by Crippen LogP contribution is -2.42. The Morgan fingerprint density at radius 1 is 1.31 bits per heavy atom. The highest BCUT2D eigenvalue weighted by Gasteiger charge is 2.34. The van der Waals surface area contributed by atoms with E-state index in [-0.39, 0.29) is 29.1 Å². The van der Waals surface area contributed by atoms with E-state index >= 15 is 0 Å². The van der Waals surface area contributed by atoms with Gasteiger partial charge >= 0.3 is 6.09 Å². The number of fused-ring (bicyclic) bond motifs is 1. The summed E-state index contributed by atoms with van der Waals surface area (Å²) in [5, 5.41) is 2.58. The van der Waals surface area contributed by atoms with E-state index in [1.54, 1.807) is 45.9 Å². The highest BCUT2D eigenvalue weighted by atomic mass is 32.2. The number of ether oxygens (including phenoxy) is 2. The predicted octanol–water partition coefficient (Wildman–Crippen LogP) is 3.71. The van der Waals surface area contributed by atoms with E-state index in [0.717, 1.165) is 5.56 Å². The van der Waals surface area contributed by atoms with Crippen molar-refractivity contribution in [3.63, 3.8) is 0 Å². The molecule has 1 amide bonds. The summed E-state index contributed by atoms with van der Waals surface area (Å²) in [7, 11) is -3.84. The monoisotopic (exact) mass is 419 g/mol. The molecule has 1 aliphatic heterocycles. The quantitative estimate of drug-likeness (QED) is 0.814. The lowest BCUT2D eigenvalue weighted by Gasteiger charge is -2.33. The Hall–Kier alpha value is -2.81. The van der Waals surface area contributed by atoms with Crippen LogP contribution < -0.4 is 14.4 Å². The van der Waals surface area contributed by atoms with Crippen molar-refractivity contribution < 1.29 is 22.7 Å². The number of nitrogens with one attached hydrogen (secondary N) is 1. The Balaban J connectivity index is 1.97. The molecular formula is C20H25N3O5S. The number of nitrogens with zero attached hydrogens (tertiary/aromatic N) is 2. The van der Waals surface area contributed by atoms with E-state index in [1.807, 2.05) is 13.0 Å². The van der Waals surface area contributed by atoms with Gasteiger partial charge in [0, 0.05) is 0 Å². The van der Waals surface area contributed by atoms with Crippen molar-refractivity contribution >= 4 is 27.5 Å². The molecule has 1 aromatic carbocycles. The number of carbonyl (C=O) groups is 1. The lowest BCUT2D eigenvalue weighted by molar-refractivity contribution is 0.0636. The van der Waals surface area contributed by atoms with Gasteiger partial charge in [0.2, 0.25) is 5.88 Å². The summed E-state index contributed by atoms with van der Waals surface area (Å²) in [6.07, 6.45) is 0.370. The van der Waals surface area contributed by atoms with Gasteiger partial charge in [0.25, 0.3) is 10.0 Å². The maximum Gasteiger partial charge on any atom is 0.412 e. The summed E-state index contributed by atoms with van der Waals surface area (Å²) in [5.41, 5.74) is 0.745. The van der Waals surface area contributed by atoms with E-state index in [0.29, 0.717) is 5.69 Å². The third-order valence-electron chi connectivity index (χ3n) is 4.06. The van der Waals surface area contributed by atoms with E-state index in [2.05, 4.69) is 10.3 Å². The van der Waals surface area contributed by atoms with Gasteiger partial charge in [0.1, 0.15) is 17.4 Å². The maximum atomic E-state index is 13.3. The van der Waals surface area contributed by atoms with Gasteiger partial charge in [-0.3, -0.25) is 9.62 Å². The summed E-state index contributed by atoms with van der Waals surface area (Å²) >= 11 is 0. The van der Waals surface area contributed by atoms with Crippen molar-refractivity contribution in [3.05, 3.63) is 42.1 Å².